The fourth-order valence-corrected chi connectivity index (χ4v) is 1.41. The predicted molar refractivity (Wildman–Crippen MR) is 52.0 cm³/mol. The van der Waals surface area contributed by atoms with Gasteiger partial charge in [-0.15, -0.1) is 0 Å². The van der Waals surface area contributed by atoms with E-state index >= 15 is 0 Å². The van der Waals surface area contributed by atoms with Crippen LogP contribution in [0.5, 0.6) is 5.75 Å². The molecule has 0 N–H and O–H groups in total. The summed E-state index contributed by atoms with van der Waals surface area (Å²) in [5, 5.41) is 0. The molecular formula is C11H12F2O2. The Bertz CT molecular complexity index is 364. The number of hydrogen-bond acceptors (Lipinski definition) is 2. The lowest BCUT2D eigenvalue weighted by Crippen LogP contribution is -2.02. The maximum atomic E-state index is 13.3. The molecule has 1 atom stereocenters. The molecule has 0 heterocycles. The third-order valence-corrected chi connectivity index (χ3v) is 2.27. The zero-order valence-electron chi connectivity index (χ0n) is 8.59. The molecule has 0 saturated heterocycles. The van der Waals surface area contributed by atoms with Gasteiger partial charge in [-0.05, 0) is 12.0 Å². The van der Waals surface area contributed by atoms with E-state index in [1.165, 1.54) is 13.2 Å². The van der Waals surface area contributed by atoms with Crippen molar-refractivity contribution in [3.8, 4) is 5.75 Å². The van der Waals surface area contributed by atoms with E-state index in [2.05, 4.69) is 0 Å². The summed E-state index contributed by atoms with van der Waals surface area (Å²) in [4.78, 5) is 10.3. The Labute approximate surface area is 86.9 Å². The molecule has 0 aliphatic carbocycles. The van der Waals surface area contributed by atoms with Crippen LogP contribution in [-0.2, 0) is 4.79 Å². The number of carbonyl (C=O) groups is 1. The number of benzene rings is 1. The highest BCUT2D eigenvalue weighted by Gasteiger charge is 2.17. The van der Waals surface area contributed by atoms with E-state index < -0.39 is 11.6 Å². The minimum Gasteiger partial charge on any atom is -0.493 e. The first kappa shape index (κ1) is 11.6. The Morgan fingerprint density at radius 1 is 1.47 bits per heavy atom. The highest BCUT2D eigenvalue weighted by molar-refractivity contribution is 5.52. The largest absolute Gasteiger partial charge is 0.493 e. The molecule has 0 amide bonds. The number of carbonyl (C=O) groups excluding carboxylic acids is 1. The Morgan fingerprint density at radius 3 is 2.67 bits per heavy atom. The Hall–Kier alpha value is -1.45. The van der Waals surface area contributed by atoms with Crippen molar-refractivity contribution in [2.45, 2.75) is 19.3 Å². The number of ether oxygens (including phenoxy) is 1. The highest BCUT2D eigenvalue weighted by Crippen LogP contribution is 2.31. The average molecular weight is 214 g/mol. The van der Waals surface area contributed by atoms with Crippen molar-refractivity contribution < 1.29 is 18.3 Å². The van der Waals surface area contributed by atoms with Crippen LogP contribution in [0.2, 0.25) is 0 Å². The van der Waals surface area contributed by atoms with Crippen molar-refractivity contribution in [3.05, 3.63) is 29.3 Å². The summed E-state index contributed by atoms with van der Waals surface area (Å²) in [6.45, 7) is 1.75. The summed E-state index contributed by atoms with van der Waals surface area (Å²) >= 11 is 0. The first-order chi connectivity index (χ1) is 7.11. The smallest absolute Gasteiger partial charge is 0.200 e. The summed E-state index contributed by atoms with van der Waals surface area (Å²) in [6.07, 6.45) is 0.993. The third-order valence-electron chi connectivity index (χ3n) is 2.27. The number of halogens is 2. The zero-order valence-corrected chi connectivity index (χ0v) is 8.59. The molecule has 1 rings (SSSR count). The highest BCUT2D eigenvalue weighted by atomic mass is 19.2. The minimum absolute atomic E-state index is 0.121. The second-order valence-electron chi connectivity index (χ2n) is 3.29. The molecule has 0 aliphatic rings. The third kappa shape index (κ3) is 2.32. The fraction of sp³-hybridized carbons (Fsp3) is 0.364. The molecule has 82 valence electrons. The molecule has 0 radical (unpaired) electrons. The number of rotatable bonds is 4. The van der Waals surface area contributed by atoms with Crippen LogP contribution in [0.25, 0.3) is 0 Å². The minimum atomic E-state index is -1.01. The van der Waals surface area contributed by atoms with Crippen molar-refractivity contribution in [2.24, 2.45) is 0 Å². The Morgan fingerprint density at radius 2 is 2.13 bits per heavy atom. The first-order valence-corrected chi connectivity index (χ1v) is 4.57. The van der Waals surface area contributed by atoms with E-state index in [1.54, 1.807) is 6.92 Å². The van der Waals surface area contributed by atoms with Gasteiger partial charge in [-0.3, -0.25) is 0 Å². The molecule has 0 fully saturated rings. The van der Waals surface area contributed by atoms with Crippen molar-refractivity contribution in [1.82, 2.24) is 0 Å². The van der Waals surface area contributed by atoms with Gasteiger partial charge in [-0.2, -0.15) is 4.39 Å². The van der Waals surface area contributed by atoms with Crippen LogP contribution < -0.4 is 4.74 Å². The molecule has 0 saturated carbocycles. The van der Waals surface area contributed by atoms with Crippen LogP contribution in [-0.4, -0.2) is 13.4 Å². The van der Waals surface area contributed by atoms with Crippen LogP contribution in [0.4, 0.5) is 8.78 Å². The predicted octanol–water partition coefficient (Wildman–Crippen LogP) is 2.67. The maximum Gasteiger partial charge on any atom is 0.200 e. The van der Waals surface area contributed by atoms with Gasteiger partial charge < -0.3 is 9.53 Å². The van der Waals surface area contributed by atoms with Crippen molar-refractivity contribution in [1.29, 1.82) is 0 Å². The number of aldehydes is 1. The van der Waals surface area contributed by atoms with Crippen LogP contribution >= 0.6 is 0 Å². The molecule has 0 spiro atoms. The van der Waals surface area contributed by atoms with E-state index in [9.17, 15) is 13.6 Å². The van der Waals surface area contributed by atoms with Gasteiger partial charge in [0.1, 0.15) is 6.29 Å². The second-order valence-corrected chi connectivity index (χ2v) is 3.29. The van der Waals surface area contributed by atoms with Crippen LogP contribution in [0, 0.1) is 11.6 Å². The Balaban J connectivity index is 3.17. The molecule has 0 aromatic heterocycles. The van der Waals surface area contributed by atoms with Crippen molar-refractivity contribution in [2.75, 3.05) is 7.11 Å². The van der Waals surface area contributed by atoms with E-state index in [-0.39, 0.29) is 18.1 Å². The lowest BCUT2D eigenvalue weighted by Gasteiger charge is -2.14. The van der Waals surface area contributed by atoms with Gasteiger partial charge in [-0.1, -0.05) is 13.0 Å². The summed E-state index contributed by atoms with van der Waals surface area (Å²) in [5.74, 6) is -2.27. The molecule has 1 aromatic carbocycles. The monoisotopic (exact) mass is 214 g/mol. The zero-order chi connectivity index (χ0) is 11.4. The summed E-state index contributed by atoms with van der Waals surface area (Å²) in [5.41, 5.74) is 0.503. The fourth-order valence-electron chi connectivity index (χ4n) is 1.41. The molecular weight excluding hydrogens is 202 g/mol. The van der Waals surface area contributed by atoms with Gasteiger partial charge in [-0.25, -0.2) is 4.39 Å². The molecule has 2 nitrogen and oxygen atoms in total. The lowest BCUT2D eigenvalue weighted by atomic mass is 9.97. The topological polar surface area (TPSA) is 26.3 Å². The summed E-state index contributed by atoms with van der Waals surface area (Å²) in [6, 6.07) is 2.47. The summed E-state index contributed by atoms with van der Waals surface area (Å²) < 4.78 is 30.9. The van der Waals surface area contributed by atoms with Crippen LogP contribution in [0.1, 0.15) is 24.8 Å². The summed E-state index contributed by atoms with van der Waals surface area (Å²) in [7, 11) is 1.27. The van der Waals surface area contributed by atoms with Gasteiger partial charge in [0.05, 0.1) is 7.11 Å². The van der Waals surface area contributed by atoms with Gasteiger partial charge in [0.2, 0.25) is 5.82 Å². The van der Waals surface area contributed by atoms with Gasteiger partial charge in [0.15, 0.2) is 11.6 Å². The molecule has 0 aliphatic heterocycles. The quantitative estimate of drug-likeness (QED) is 0.720. The van der Waals surface area contributed by atoms with Gasteiger partial charge in [0.25, 0.3) is 0 Å². The van der Waals surface area contributed by atoms with Crippen molar-refractivity contribution >= 4 is 6.29 Å². The van der Waals surface area contributed by atoms with Crippen LogP contribution in [0.3, 0.4) is 0 Å². The number of methoxy groups -OCH3 is 1. The molecule has 15 heavy (non-hydrogen) atoms. The van der Waals surface area contributed by atoms with Gasteiger partial charge >= 0.3 is 0 Å². The maximum absolute atomic E-state index is 13.3. The molecule has 1 unspecified atom stereocenters. The van der Waals surface area contributed by atoms with E-state index in [4.69, 9.17) is 4.74 Å². The molecule has 0 bridgehead atoms. The standard InChI is InChI=1S/C11H12F2O2/c1-7(5-6-14)8-3-4-9(12)10(13)11(8)15-2/h3-4,6-7H,5H2,1-2H3. The van der Waals surface area contributed by atoms with E-state index in [1.807, 2.05) is 0 Å². The Kier molecular flexibility index (Phi) is 3.77. The SMILES string of the molecule is COc1c(C(C)CC=O)ccc(F)c1F. The van der Waals surface area contributed by atoms with Crippen molar-refractivity contribution in [3.63, 3.8) is 0 Å². The van der Waals surface area contributed by atoms with Gasteiger partial charge in [0, 0.05) is 12.0 Å². The number of hydrogen-bond donors (Lipinski definition) is 0. The average Bonchev–Trinajstić information content (AvgIpc) is 2.22. The van der Waals surface area contributed by atoms with Crippen LogP contribution in [0.15, 0.2) is 12.1 Å². The second kappa shape index (κ2) is 4.87. The molecule has 4 heteroatoms. The lowest BCUT2D eigenvalue weighted by molar-refractivity contribution is -0.108. The first-order valence-electron chi connectivity index (χ1n) is 4.57. The normalized spacial score (nSPS) is 12.3. The molecule has 1 aromatic rings. The van der Waals surface area contributed by atoms with E-state index in [0.717, 1.165) is 12.4 Å². The van der Waals surface area contributed by atoms with E-state index in [0.29, 0.717) is 5.56 Å².